The Balaban J connectivity index is 0.00000420. The van der Waals surface area contributed by atoms with Crippen LogP contribution < -0.4 is 10.6 Å². The number of aliphatic imine (C=N–C) groups is 1. The second-order valence-corrected chi connectivity index (χ2v) is 7.43. The molecule has 0 aliphatic rings. The van der Waals surface area contributed by atoms with Crippen molar-refractivity contribution >= 4 is 41.3 Å². The van der Waals surface area contributed by atoms with Gasteiger partial charge in [-0.15, -0.1) is 35.3 Å². The van der Waals surface area contributed by atoms with Crippen LogP contribution in [0.4, 0.5) is 13.2 Å². The Hall–Kier alpha value is -1.40. The number of halogens is 4. The van der Waals surface area contributed by atoms with Gasteiger partial charge in [-0.1, -0.05) is 38.1 Å². The first-order valence-corrected chi connectivity index (χ1v) is 9.76. The molecule has 1 heterocycles. The molecule has 0 atom stereocenters. The van der Waals surface area contributed by atoms with Crippen LogP contribution in [0.25, 0.3) is 0 Å². The first kappa shape index (κ1) is 25.6. The summed E-state index contributed by atoms with van der Waals surface area (Å²) in [7, 11) is 1.69. The normalized spacial score (nSPS) is 12.0. The number of guanidine groups is 1. The molecule has 0 amide bonds. The van der Waals surface area contributed by atoms with Gasteiger partial charge in [-0.3, -0.25) is 4.99 Å². The number of hydrogen-bond acceptors (Lipinski definition) is 4. The number of ether oxygens (including phenoxy) is 1. The van der Waals surface area contributed by atoms with E-state index >= 15 is 0 Å². The maximum Gasteiger partial charge on any atom is 0.411 e. The predicted octanol–water partition coefficient (Wildman–Crippen LogP) is 4.83. The van der Waals surface area contributed by atoms with Crippen LogP contribution in [0.2, 0.25) is 0 Å². The summed E-state index contributed by atoms with van der Waals surface area (Å²) in [6, 6.07) is 7.21. The van der Waals surface area contributed by atoms with Crippen molar-refractivity contribution in [1.82, 2.24) is 15.6 Å². The molecule has 0 unspecified atom stereocenters. The van der Waals surface area contributed by atoms with Gasteiger partial charge in [0.1, 0.15) is 6.61 Å². The zero-order valence-corrected chi connectivity index (χ0v) is 19.7. The smallest absolute Gasteiger partial charge is 0.367 e. The SMILES string of the molecule is CN=C(NCc1ccc(COCC(F)(F)F)cc1)NCc1csc(C(C)C)n1.I. The highest BCUT2D eigenvalue weighted by atomic mass is 127. The highest BCUT2D eigenvalue weighted by molar-refractivity contribution is 14.0. The zero-order valence-electron chi connectivity index (χ0n) is 16.5. The highest BCUT2D eigenvalue weighted by Gasteiger charge is 2.27. The maximum atomic E-state index is 12.1. The topological polar surface area (TPSA) is 58.5 Å². The monoisotopic (exact) mass is 542 g/mol. The molecule has 0 spiro atoms. The van der Waals surface area contributed by atoms with E-state index in [1.165, 1.54) is 0 Å². The highest BCUT2D eigenvalue weighted by Crippen LogP contribution is 2.19. The molecule has 0 aliphatic carbocycles. The Labute approximate surface area is 190 Å². The van der Waals surface area contributed by atoms with Crippen LogP contribution in [-0.2, 0) is 24.4 Å². The lowest BCUT2D eigenvalue weighted by atomic mass is 10.1. The molecule has 162 valence electrons. The van der Waals surface area contributed by atoms with E-state index in [0.717, 1.165) is 16.3 Å². The van der Waals surface area contributed by atoms with Crippen molar-refractivity contribution in [2.24, 2.45) is 4.99 Å². The summed E-state index contributed by atoms with van der Waals surface area (Å²) in [6.45, 7) is 4.04. The van der Waals surface area contributed by atoms with Gasteiger partial charge >= 0.3 is 6.18 Å². The Bertz CT molecular complexity index is 764. The van der Waals surface area contributed by atoms with E-state index < -0.39 is 12.8 Å². The van der Waals surface area contributed by atoms with Gasteiger partial charge in [0.2, 0.25) is 0 Å². The van der Waals surface area contributed by atoms with Crippen molar-refractivity contribution in [2.45, 2.75) is 45.6 Å². The van der Waals surface area contributed by atoms with Gasteiger partial charge in [0.05, 0.1) is 23.9 Å². The summed E-state index contributed by atoms with van der Waals surface area (Å²) in [4.78, 5) is 8.76. The van der Waals surface area contributed by atoms with Gasteiger partial charge < -0.3 is 15.4 Å². The Morgan fingerprint density at radius 1 is 1.14 bits per heavy atom. The van der Waals surface area contributed by atoms with Crippen LogP contribution in [0.15, 0.2) is 34.6 Å². The van der Waals surface area contributed by atoms with E-state index in [1.54, 1.807) is 30.5 Å². The van der Waals surface area contributed by atoms with Crippen LogP contribution >= 0.6 is 35.3 Å². The van der Waals surface area contributed by atoms with Crippen molar-refractivity contribution in [3.05, 3.63) is 51.5 Å². The van der Waals surface area contributed by atoms with Crippen molar-refractivity contribution in [1.29, 1.82) is 0 Å². The lowest BCUT2D eigenvalue weighted by Gasteiger charge is -2.12. The van der Waals surface area contributed by atoms with Gasteiger partial charge in [-0.2, -0.15) is 13.2 Å². The molecule has 2 rings (SSSR count). The number of nitrogens with one attached hydrogen (secondary N) is 2. The zero-order chi connectivity index (χ0) is 20.6. The third-order valence-electron chi connectivity index (χ3n) is 3.74. The fraction of sp³-hybridized carbons (Fsp3) is 0.474. The predicted molar refractivity (Wildman–Crippen MR) is 121 cm³/mol. The van der Waals surface area contributed by atoms with Crippen molar-refractivity contribution in [2.75, 3.05) is 13.7 Å². The standard InChI is InChI=1S/C19H25F3N4OS.HI/c1-13(2)17-26-16(11-28-17)9-25-18(23-3)24-8-14-4-6-15(7-5-14)10-27-12-19(20,21)22;/h4-7,11,13H,8-10,12H2,1-3H3,(H2,23,24,25);1H. The van der Waals surface area contributed by atoms with Crippen molar-refractivity contribution in [3.63, 3.8) is 0 Å². The van der Waals surface area contributed by atoms with Crippen molar-refractivity contribution in [3.8, 4) is 0 Å². The largest absolute Gasteiger partial charge is 0.411 e. The van der Waals surface area contributed by atoms with Crippen LogP contribution in [-0.4, -0.2) is 30.8 Å². The second kappa shape index (κ2) is 12.3. The van der Waals surface area contributed by atoms with E-state index in [9.17, 15) is 13.2 Å². The number of alkyl halides is 3. The molecular weight excluding hydrogens is 516 g/mol. The molecule has 29 heavy (non-hydrogen) atoms. The lowest BCUT2D eigenvalue weighted by molar-refractivity contribution is -0.176. The number of thiazole rings is 1. The molecule has 1 aromatic heterocycles. The van der Waals surface area contributed by atoms with Gasteiger partial charge in [0.25, 0.3) is 0 Å². The van der Waals surface area contributed by atoms with Crippen LogP contribution in [0.1, 0.15) is 41.6 Å². The first-order valence-electron chi connectivity index (χ1n) is 8.88. The minimum Gasteiger partial charge on any atom is -0.367 e. The fourth-order valence-electron chi connectivity index (χ4n) is 2.29. The van der Waals surface area contributed by atoms with Crippen LogP contribution in [0, 0.1) is 0 Å². The number of aromatic nitrogens is 1. The summed E-state index contributed by atoms with van der Waals surface area (Å²) >= 11 is 1.65. The summed E-state index contributed by atoms with van der Waals surface area (Å²) in [5.74, 6) is 1.06. The molecule has 10 heteroatoms. The van der Waals surface area contributed by atoms with E-state index in [4.69, 9.17) is 0 Å². The van der Waals surface area contributed by atoms with Gasteiger partial charge in [-0.25, -0.2) is 4.98 Å². The van der Waals surface area contributed by atoms with Crippen molar-refractivity contribution < 1.29 is 17.9 Å². The quantitative estimate of drug-likeness (QED) is 0.285. The molecule has 0 bridgehead atoms. The maximum absolute atomic E-state index is 12.1. The molecular formula is C19H26F3IN4OS. The van der Waals surface area contributed by atoms with E-state index in [1.807, 2.05) is 17.5 Å². The minimum absolute atomic E-state index is 0. The van der Waals surface area contributed by atoms with E-state index in [2.05, 4.69) is 39.2 Å². The van der Waals surface area contributed by atoms with Crippen LogP contribution in [0.5, 0.6) is 0 Å². The Morgan fingerprint density at radius 3 is 2.31 bits per heavy atom. The van der Waals surface area contributed by atoms with E-state index in [0.29, 0.717) is 30.5 Å². The molecule has 5 nitrogen and oxygen atoms in total. The molecule has 0 radical (unpaired) electrons. The molecule has 0 aliphatic heterocycles. The lowest BCUT2D eigenvalue weighted by Crippen LogP contribution is -2.36. The number of benzene rings is 1. The summed E-state index contributed by atoms with van der Waals surface area (Å²) < 4.78 is 40.9. The summed E-state index contributed by atoms with van der Waals surface area (Å²) in [6.07, 6.45) is -4.30. The van der Waals surface area contributed by atoms with Crippen LogP contribution in [0.3, 0.4) is 0 Å². The van der Waals surface area contributed by atoms with Gasteiger partial charge in [0, 0.05) is 24.9 Å². The van der Waals surface area contributed by atoms with Gasteiger partial charge in [-0.05, 0) is 11.1 Å². The minimum atomic E-state index is -4.30. The molecule has 1 aromatic carbocycles. The average Bonchev–Trinajstić information content (AvgIpc) is 3.11. The Kier molecular flexibility index (Phi) is 10.9. The average molecular weight is 542 g/mol. The number of nitrogens with zero attached hydrogens (tertiary/aromatic N) is 2. The molecule has 0 fully saturated rings. The van der Waals surface area contributed by atoms with Gasteiger partial charge in [0.15, 0.2) is 5.96 Å². The molecule has 2 aromatic rings. The number of rotatable bonds is 8. The molecule has 0 saturated carbocycles. The third kappa shape index (κ3) is 9.77. The fourth-order valence-corrected chi connectivity index (χ4v) is 3.12. The number of hydrogen-bond donors (Lipinski definition) is 2. The first-order chi connectivity index (χ1) is 13.3. The Morgan fingerprint density at radius 2 is 1.76 bits per heavy atom. The summed E-state index contributed by atoms with van der Waals surface area (Å²) in [5.41, 5.74) is 2.65. The van der Waals surface area contributed by atoms with E-state index in [-0.39, 0.29) is 30.6 Å². The third-order valence-corrected chi connectivity index (χ3v) is 4.94. The molecule has 2 N–H and O–H groups in total. The summed E-state index contributed by atoms with van der Waals surface area (Å²) in [5, 5.41) is 9.57. The molecule has 0 saturated heterocycles. The second-order valence-electron chi connectivity index (χ2n) is 6.54.